The molecular formula is C15H16BrClN2O3. The summed E-state index contributed by atoms with van der Waals surface area (Å²) >= 11 is 9.57. The monoisotopic (exact) mass is 386 g/mol. The van der Waals surface area contributed by atoms with Crippen LogP contribution >= 0.6 is 27.5 Å². The molecule has 2 rings (SSSR count). The van der Waals surface area contributed by atoms with Crippen molar-refractivity contribution in [3.8, 4) is 0 Å². The van der Waals surface area contributed by atoms with Gasteiger partial charge in [-0.3, -0.25) is 4.99 Å². The molecule has 5 nitrogen and oxygen atoms in total. The Morgan fingerprint density at radius 2 is 2.32 bits per heavy atom. The largest absolute Gasteiger partial charge is 0.478 e. The molecule has 1 fully saturated rings. The first-order valence-corrected chi connectivity index (χ1v) is 7.96. The Labute approximate surface area is 141 Å². The molecule has 1 heterocycles. The number of nitrogens with two attached hydrogens (primary N) is 1. The lowest BCUT2D eigenvalue weighted by Crippen LogP contribution is -2.25. The minimum Gasteiger partial charge on any atom is -0.478 e. The van der Waals surface area contributed by atoms with Crippen molar-refractivity contribution >= 4 is 39.2 Å². The van der Waals surface area contributed by atoms with Crippen molar-refractivity contribution in [2.45, 2.75) is 18.9 Å². The Morgan fingerprint density at radius 3 is 2.86 bits per heavy atom. The van der Waals surface area contributed by atoms with Crippen LogP contribution in [0.1, 0.15) is 18.4 Å². The second kappa shape index (κ2) is 7.76. The Balaban J connectivity index is 2.49. The fourth-order valence-electron chi connectivity index (χ4n) is 2.23. The molecule has 1 aromatic carbocycles. The quantitative estimate of drug-likeness (QED) is 0.614. The van der Waals surface area contributed by atoms with Crippen LogP contribution in [0.15, 0.2) is 39.4 Å². The summed E-state index contributed by atoms with van der Waals surface area (Å²) in [6, 6.07) is 5.10. The smallest absolute Gasteiger partial charge is 0.339 e. The van der Waals surface area contributed by atoms with Crippen molar-refractivity contribution in [3.63, 3.8) is 0 Å². The first kappa shape index (κ1) is 17.0. The summed E-state index contributed by atoms with van der Waals surface area (Å²) in [5, 5.41) is 9.78. The van der Waals surface area contributed by atoms with Gasteiger partial charge in [0.05, 0.1) is 23.4 Å². The second-order valence-corrected chi connectivity index (χ2v) is 6.18. The van der Waals surface area contributed by atoms with Gasteiger partial charge in [0.1, 0.15) is 5.57 Å². The summed E-state index contributed by atoms with van der Waals surface area (Å²) in [6.07, 6.45) is 2.78. The van der Waals surface area contributed by atoms with Crippen molar-refractivity contribution in [2.75, 3.05) is 13.2 Å². The highest BCUT2D eigenvalue weighted by Gasteiger charge is 2.22. The number of hydrogen-bond donors (Lipinski definition) is 2. The standard InChI is InChI=1S/C15H16BrClN2O3/c16-9-3-4-11(13(17)6-9)14(12(7-18)15(20)21)19-10-2-1-5-22-8-10/h3-4,6-7,10H,1-2,5,8,18H2,(H,20,21)/b12-7+,19-14?. The van der Waals surface area contributed by atoms with E-state index in [9.17, 15) is 9.90 Å². The van der Waals surface area contributed by atoms with Gasteiger partial charge >= 0.3 is 5.97 Å². The highest BCUT2D eigenvalue weighted by Crippen LogP contribution is 2.25. The molecule has 0 amide bonds. The number of carboxylic acids is 1. The van der Waals surface area contributed by atoms with Crippen LogP contribution < -0.4 is 5.73 Å². The summed E-state index contributed by atoms with van der Waals surface area (Å²) in [5.41, 5.74) is 6.23. The molecule has 22 heavy (non-hydrogen) atoms. The van der Waals surface area contributed by atoms with Gasteiger partial charge in [0, 0.05) is 22.8 Å². The molecule has 1 aliphatic rings. The van der Waals surface area contributed by atoms with Crippen LogP contribution in [0, 0.1) is 0 Å². The summed E-state index contributed by atoms with van der Waals surface area (Å²) in [7, 11) is 0. The van der Waals surface area contributed by atoms with E-state index in [1.165, 1.54) is 0 Å². The lowest BCUT2D eigenvalue weighted by molar-refractivity contribution is -0.132. The zero-order valence-electron chi connectivity index (χ0n) is 11.8. The molecule has 0 spiro atoms. The summed E-state index contributed by atoms with van der Waals surface area (Å²) < 4.78 is 6.20. The van der Waals surface area contributed by atoms with Crippen LogP contribution in [0.4, 0.5) is 0 Å². The number of rotatable bonds is 4. The fraction of sp³-hybridized carbons (Fsp3) is 0.333. The maximum Gasteiger partial charge on any atom is 0.339 e. The number of aliphatic carboxylic acids is 1. The van der Waals surface area contributed by atoms with E-state index in [-0.39, 0.29) is 17.3 Å². The van der Waals surface area contributed by atoms with E-state index in [0.717, 1.165) is 23.5 Å². The third-order valence-corrected chi connectivity index (χ3v) is 4.09. The number of hydrogen-bond acceptors (Lipinski definition) is 4. The van der Waals surface area contributed by atoms with Crippen LogP contribution in [0.5, 0.6) is 0 Å². The average molecular weight is 388 g/mol. The molecule has 0 radical (unpaired) electrons. The van der Waals surface area contributed by atoms with E-state index in [0.29, 0.717) is 23.8 Å². The van der Waals surface area contributed by atoms with E-state index >= 15 is 0 Å². The van der Waals surface area contributed by atoms with Crippen molar-refractivity contribution in [1.29, 1.82) is 0 Å². The predicted octanol–water partition coefficient (Wildman–Crippen LogP) is 3.00. The van der Waals surface area contributed by atoms with Gasteiger partial charge in [0.25, 0.3) is 0 Å². The number of carbonyl (C=O) groups is 1. The van der Waals surface area contributed by atoms with Crippen LogP contribution in [-0.4, -0.2) is 36.0 Å². The van der Waals surface area contributed by atoms with Crippen LogP contribution in [0.2, 0.25) is 5.02 Å². The Bertz CT molecular complexity index is 625. The van der Waals surface area contributed by atoms with Crippen molar-refractivity contribution in [1.82, 2.24) is 0 Å². The Hall–Kier alpha value is -1.37. The maximum atomic E-state index is 11.5. The van der Waals surface area contributed by atoms with E-state index < -0.39 is 5.97 Å². The third kappa shape index (κ3) is 4.09. The molecule has 118 valence electrons. The SMILES string of the molecule is N/C=C(/C(=O)O)C(=NC1CCCOC1)c1ccc(Br)cc1Cl. The number of benzene rings is 1. The van der Waals surface area contributed by atoms with Gasteiger partial charge in [-0.25, -0.2) is 4.79 Å². The van der Waals surface area contributed by atoms with E-state index in [4.69, 9.17) is 22.1 Å². The molecule has 1 atom stereocenters. The molecule has 7 heteroatoms. The first-order valence-electron chi connectivity index (χ1n) is 6.79. The lowest BCUT2D eigenvalue weighted by Gasteiger charge is -2.20. The number of halogens is 2. The normalized spacial score (nSPS) is 20.0. The van der Waals surface area contributed by atoms with Gasteiger partial charge in [0.2, 0.25) is 0 Å². The van der Waals surface area contributed by atoms with Crippen LogP contribution in [0.25, 0.3) is 0 Å². The minimum atomic E-state index is -1.14. The molecule has 1 unspecified atom stereocenters. The minimum absolute atomic E-state index is 0.0743. The van der Waals surface area contributed by atoms with Gasteiger partial charge in [-0.05, 0) is 25.0 Å². The molecule has 0 aromatic heterocycles. The van der Waals surface area contributed by atoms with Crippen LogP contribution in [-0.2, 0) is 9.53 Å². The van der Waals surface area contributed by atoms with Crippen molar-refractivity contribution in [3.05, 3.63) is 45.0 Å². The Kier molecular flexibility index (Phi) is 5.99. The van der Waals surface area contributed by atoms with Gasteiger partial charge in [0.15, 0.2) is 0 Å². The van der Waals surface area contributed by atoms with Crippen molar-refractivity contribution in [2.24, 2.45) is 10.7 Å². The Morgan fingerprint density at radius 1 is 1.55 bits per heavy atom. The summed E-state index contributed by atoms with van der Waals surface area (Å²) in [6.45, 7) is 1.17. The highest BCUT2D eigenvalue weighted by atomic mass is 79.9. The molecule has 1 saturated heterocycles. The fourth-order valence-corrected chi connectivity index (χ4v) is 2.99. The average Bonchev–Trinajstić information content (AvgIpc) is 2.48. The molecular weight excluding hydrogens is 372 g/mol. The number of nitrogens with zero attached hydrogens (tertiary/aromatic N) is 1. The van der Waals surface area contributed by atoms with E-state index in [1.54, 1.807) is 18.2 Å². The van der Waals surface area contributed by atoms with Gasteiger partial charge in [-0.1, -0.05) is 33.6 Å². The predicted molar refractivity (Wildman–Crippen MR) is 89.4 cm³/mol. The topological polar surface area (TPSA) is 84.9 Å². The van der Waals surface area contributed by atoms with Gasteiger partial charge in [-0.2, -0.15) is 0 Å². The molecule has 3 N–H and O–H groups in total. The van der Waals surface area contributed by atoms with Gasteiger partial charge in [-0.15, -0.1) is 0 Å². The zero-order chi connectivity index (χ0) is 16.1. The maximum absolute atomic E-state index is 11.5. The van der Waals surface area contributed by atoms with E-state index in [2.05, 4.69) is 20.9 Å². The molecule has 1 aliphatic heterocycles. The highest BCUT2D eigenvalue weighted by molar-refractivity contribution is 9.10. The summed E-state index contributed by atoms with van der Waals surface area (Å²) in [4.78, 5) is 16.0. The molecule has 1 aromatic rings. The van der Waals surface area contributed by atoms with Gasteiger partial charge < -0.3 is 15.6 Å². The number of carboxylic acid groups (broad SMARTS) is 1. The zero-order valence-corrected chi connectivity index (χ0v) is 14.1. The lowest BCUT2D eigenvalue weighted by atomic mass is 10.0. The molecule has 0 saturated carbocycles. The third-order valence-electron chi connectivity index (χ3n) is 3.29. The van der Waals surface area contributed by atoms with E-state index in [1.807, 2.05) is 0 Å². The molecule has 0 aliphatic carbocycles. The first-order chi connectivity index (χ1) is 10.5. The molecule has 0 bridgehead atoms. The summed E-state index contributed by atoms with van der Waals surface area (Å²) in [5.74, 6) is -1.14. The number of ether oxygens (including phenoxy) is 1. The number of aliphatic imine (C=N–C) groups is 1. The van der Waals surface area contributed by atoms with Crippen molar-refractivity contribution < 1.29 is 14.6 Å². The second-order valence-electron chi connectivity index (χ2n) is 4.86. The van der Waals surface area contributed by atoms with Crippen LogP contribution in [0.3, 0.4) is 0 Å².